The number of benzene rings is 1. The van der Waals surface area contributed by atoms with Crippen LogP contribution in [0.4, 0.5) is 0 Å². The molecule has 0 spiro atoms. The molecule has 1 aromatic carbocycles. The Hall–Kier alpha value is -1.56. The molecule has 2 aliphatic heterocycles. The summed E-state index contributed by atoms with van der Waals surface area (Å²) in [5, 5.41) is 0.882. The van der Waals surface area contributed by atoms with Crippen molar-refractivity contribution in [3.05, 3.63) is 39.5 Å². The van der Waals surface area contributed by atoms with Crippen LogP contribution in [0.3, 0.4) is 0 Å². The third kappa shape index (κ3) is 4.00. The SMILES string of the molecule is CCN1CCN(C2=C(c3ccc(Cl)cc3Cl)C(=O)N(CC(C)C)C2=O)CC1. The zero-order valence-corrected chi connectivity index (χ0v) is 17.5. The molecular weight excluding hydrogens is 385 g/mol. The van der Waals surface area contributed by atoms with Crippen LogP contribution in [0.2, 0.25) is 10.0 Å². The lowest BCUT2D eigenvalue weighted by atomic mass is 10.0. The van der Waals surface area contributed by atoms with E-state index < -0.39 is 0 Å². The maximum atomic E-state index is 13.2. The van der Waals surface area contributed by atoms with Gasteiger partial charge in [-0.1, -0.05) is 50.0 Å². The number of piperazine rings is 1. The summed E-state index contributed by atoms with van der Waals surface area (Å²) in [5.74, 6) is -0.304. The number of carbonyl (C=O) groups is 2. The molecule has 2 heterocycles. The van der Waals surface area contributed by atoms with Gasteiger partial charge in [0.25, 0.3) is 11.8 Å². The molecule has 27 heavy (non-hydrogen) atoms. The minimum absolute atomic E-state index is 0.191. The fourth-order valence-corrected chi connectivity index (χ4v) is 4.11. The Morgan fingerprint density at radius 3 is 2.26 bits per heavy atom. The lowest BCUT2D eigenvalue weighted by Crippen LogP contribution is -2.47. The Kier molecular flexibility index (Phi) is 6.14. The minimum Gasteiger partial charge on any atom is -0.364 e. The summed E-state index contributed by atoms with van der Waals surface area (Å²) in [6.45, 7) is 10.7. The van der Waals surface area contributed by atoms with Gasteiger partial charge in [0.2, 0.25) is 0 Å². The van der Waals surface area contributed by atoms with Crippen LogP contribution in [-0.4, -0.2) is 65.8 Å². The van der Waals surface area contributed by atoms with E-state index in [0.717, 1.165) is 19.6 Å². The largest absolute Gasteiger partial charge is 0.364 e. The maximum Gasteiger partial charge on any atom is 0.277 e. The summed E-state index contributed by atoms with van der Waals surface area (Å²) in [6, 6.07) is 5.04. The number of imide groups is 1. The maximum absolute atomic E-state index is 13.2. The normalized spacial score (nSPS) is 19.0. The number of nitrogens with zero attached hydrogens (tertiary/aromatic N) is 3. The Morgan fingerprint density at radius 2 is 1.70 bits per heavy atom. The van der Waals surface area contributed by atoms with Gasteiger partial charge in [0.1, 0.15) is 5.70 Å². The highest BCUT2D eigenvalue weighted by Gasteiger charge is 2.42. The Labute approximate surface area is 170 Å². The molecule has 0 saturated carbocycles. The van der Waals surface area contributed by atoms with Gasteiger partial charge in [-0.15, -0.1) is 0 Å². The zero-order valence-electron chi connectivity index (χ0n) is 16.0. The number of rotatable bonds is 5. The van der Waals surface area contributed by atoms with Crippen molar-refractivity contribution >= 4 is 40.6 Å². The van der Waals surface area contributed by atoms with Crippen molar-refractivity contribution in [2.45, 2.75) is 20.8 Å². The fourth-order valence-electron chi connectivity index (χ4n) is 3.61. The van der Waals surface area contributed by atoms with E-state index in [9.17, 15) is 9.59 Å². The van der Waals surface area contributed by atoms with Gasteiger partial charge < -0.3 is 9.80 Å². The van der Waals surface area contributed by atoms with E-state index in [-0.39, 0.29) is 17.7 Å². The third-order valence-corrected chi connectivity index (χ3v) is 5.58. The van der Waals surface area contributed by atoms with Crippen molar-refractivity contribution in [2.24, 2.45) is 5.92 Å². The average Bonchev–Trinajstić information content (AvgIpc) is 2.86. The monoisotopic (exact) mass is 409 g/mol. The van der Waals surface area contributed by atoms with Crippen molar-refractivity contribution in [1.29, 1.82) is 0 Å². The number of amides is 2. The first-order valence-corrected chi connectivity index (χ1v) is 10.1. The fraction of sp³-hybridized carbons (Fsp3) is 0.500. The highest BCUT2D eigenvalue weighted by Crippen LogP contribution is 2.36. The third-order valence-electron chi connectivity index (χ3n) is 5.03. The predicted octanol–water partition coefficient (Wildman–Crippen LogP) is 3.37. The Balaban J connectivity index is 2.05. The van der Waals surface area contributed by atoms with Gasteiger partial charge in [-0.2, -0.15) is 0 Å². The van der Waals surface area contributed by atoms with E-state index in [0.29, 0.717) is 46.5 Å². The number of carbonyl (C=O) groups excluding carboxylic acids is 2. The van der Waals surface area contributed by atoms with Gasteiger partial charge >= 0.3 is 0 Å². The number of hydrogen-bond donors (Lipinski definition) is 0. The van der Waals surface area contributed by atoms with Gasteiger partial charge in [-0.25, -0.2) is 0 Å². The molecule has 2 amide bonds. The standard InChI is InChI=1S/C20H25Cl2N3O2/c1-4-23-7-9-24(10-8-23)18-17(15-6-5-14(21)11-16(15)22)19(26)25(20(18)27)12-13(2)3/h5-6,11,13H,4,7-10,12H2,1-3H3. The van der Waals surface area contributed by atoms with E-state index in [2.05, 4.69) is 11.8 Å². The molecular formula is C20H25Cl2N3O2. The van der Waals surface area contributed by atoms with Crippen LogP contribution in [0.1, 0.15) is 26.3 Å². The second kappa shape index (κ2) is 8.21. The summed E-state index contributed by atoms with van der Waals surface area (Å²) in [5.41, 5.74) is 1.44. The molecule has 7 heteroatoms. The number of halogens is 2. The van der Waals surface area contributed by atoms with Crippen molar-refractivity contribution in [3.63, 3.8) is 0 Å². The molecule has 0 atom stereocenters. The zero-order chi connectivity index (χ0) is 19.7. The van der Waals surface area contributed by atoms with E-state index >= 15 is 0 Å². The van der Waals surface area contributed by atoms with Gasteiger partial charge in [0.05, 0.1) is 10.6 Å². The molecule has 0 N–H and O–H groups in total. The summed E-state index contributed by atoms with van der Waals surface area (Å²) < 4.78 is 0. The summed E-state index contributed by atoms with van der Waals surface area (Å²) >= 11 is 12.4. The lowest BCUT2D eigenvalue weighted by Gasteiger charge is -2.36. The number of hydrogen-bond acceptors (Lipinski definition) is 4. The molecule has 5 nitrogen and oxygen atoms in total. The van der Waals surface area contributed by atoms with Crippen molar-refractivity contribution < 1.29 is 9.59 Å². The first-order valence-electron chi connectivity index (χ1n) is 9.36. The summed E-state index contributed by atoms with van der Waals surface area (Å²) in [4.78, 5) is 32.1. The van der Waals surface area contributed by atoms with Crippen molar-refractivity contribution in [3.8, 4) is 0 Å². The molecule has 0 aromatic heterocycles. The van der Waals surface area contributed by atoms with E-state index in [1.807, 2.05) is 18.7 Å². The first kappa shape index (κ1) is 20.2. The van der Waals surface area contributed by atoms with Gasteiger partial charge in [-0.3, -0.25) is 14.5 Å². The minimum atomic E-state index is -0.272. The Bertz CT molecular complexity index is 783. The molecule has 3 rings (SSSR count). The van der Waals surface area contributed by atoms with Gasteiger partial charge in [0.15, 0.2) is 0 Å². The summed E-state index contributed by atoms with van der Waals surface area (Å²) in [7, 11) is 0. The number of likely N-dealkylation sites (N-methyl/N-ethyl adjacent to an activating group) is 1. The van der Waals surface area contributed by atoms with Crippen LogP contribution < -0.4 is 0 Å². The topological polar surface area (TPSA) is 43.9 Å². The van der Waals surface area contributed by atoms with Crippen LogP contribution in [0, 0.1) is 5.92 Å². The van der Waals surface area contributed by atoms with Gasteiger partial charge in [0, 0.05) is 43.3 Å². The van der Waals surface area contributed by atoms with Crippen LogP contribution in [0.25, 0.3) is 5.57 Å². The quantitative estimate of drug-likeness (QED) is 0.699. The average molecular weight is 410 g/mol. The van der Waals surface area contributed by atoms with Crippen molar-refractivity contribution in [1.82, 2.24) is 14.7 Å². The van der Waals surface area contributed by atoms with Crippen LogP contribution in [0.5, 0.6) is 0 Å². The molecule has 0 unspecified atom stereocenters. The molecule has 2 aliphatic rings. The molecule has 1 fully saturated rings. The molecule has 1 aromatic rings. The molecule has 146 valence electrons. The van der Waals surface area contributed by atoms with E-state index in [1.165, 1.54) is 4.90 Å². The van der Waals surface area contributed by atoms with Crippen LogP contribution in [-0.2, 0) is 9.59 Å². The lowest BCUT2D eigenvalue weighted by molar-refractivity contribution is -0.138. The van der Waals surface area contributed by atoms with Crippen LogP contribution >= 0.6 is 23.2 Å². The predicted molar refractivity (Wildman–Crippen MR) is 109 cm³/mol. The second-order valence-electron chi connectivity index (χ2n) is 7.38. The molecule has 0 radical (unpaired) electrons. The molecule has 0 bridgehead atoms. The Morgan fingerprint density at radius 1 is 1.04 bits per heavy atom. The molecule has 1 saturated heterocycles. The van der Waals surface area contributed by atoms with Crippen molar-refractivity contribution in [2.75, 3.05) is 39.3 Å². The van der Waals surface area contributed by atoms with Crippen LogP contribution in [0.15, 0.2) is 23.9 Å². The van der Waals surface area contributed by atoms with E-state index in [1.54, 1.807) is 18.2 Å². The molecule has 0 aliphatic carbocycles. The smallest absolute Gasteiger partial charge is 0.277 e. The van der Waals surface area contributed by atoms with Gasteiger partial charge in [-0.05, 0) is 24.6 Å². The van der Waals surface area contributed by atoms with E-state index in [4.69, 9.17) is 23.2 Å². The first-order chi connectivity index (χ1) is 12.8. The second-order valence-corrected chi connectivity index (χ2v) is 8.23. The highest BCUT2D eigenvalue weighted by molar-refractivity contribution is 6.41. The summed E-state index contributed by atoms with van der Waals surface area (Å²) in [6.07, 6.45) is 0. The highest BCUT2D eigenvalue weighted by atomic mass is 35.5.